The zero-order valence-electron chi connectivity index (χ0n) is 28.0. The van der Waals surface area contributed by atoms with Crippen LogP contribution in [-0.2, 0) is 16.1 Å². The van der Waals surface area contributed by atoms with Crippen LogP contribution in [0.25, 0.3) is 22.0 Å². The second-order valence-corrected chi connectivity index (χ2v) is 13.1. The van der Waals surface area contributed by atoms with Crippen LogP contribution in [0.2, 0.25) is 0 Å². The van der Waals surface area contributed by atoms with E-state index in [4.69, 9.17) is 9.72 Å². The average Bonchev–Trinajstić information content (AvgIpc) is 3.07. The fourth-order valence-electron chi connectivity index (χ4n) is 7.21. The van der Waals surface area contributed by atoms with Crippen LogP contribution in [0.1, 0.15) is 48.8 Å². The van der Waals surface area contributed by atoms with Crippen molar-refractivity contribution in [2.24, 2.45) is 0 Å². The number of benzene rings is 2. The normalized spacial score (nSPS) is 17.6. The summed E-state index contributed by atoms with van der Waals surface area (Å²) >= 11 is 0. The molecule has 2 aromatic carbocycles. The highest BCUT2D eigenvalue weighted by molar-refractivity contribution is 5.91. The van der Waals surface area contributed by atoms with Crippen molar-refractivity contribution in [2.75, 3.05) is 63.2 Å². The Bertz CT molecular complexity index is 1690. The van der Waals surface area contributed by atoms with Gasteiger partial charge >= 0.3 is 5.97 Å². The molecule has 0 saturated carbocycles. The second-order valence-electron chi connectivity index (χ2n) is 13.1. The Morgan fingerprint density at radius 2 is 1.81 bits per heavy atom. The van der Waals surface area contributed by atoms with E-state index in [0.717, 1.165) is 105 Å². The van der Waals surface area contributed by atoms with Gasteiger partial charge in [-0.3, -0.25) is 19.6 Å². The van der Waals surface area contributed by atoms with Gasteiger partial charge in [-0.1, -0.05) is 30.7 Å². The summed E-state index contributed by atoms with van der Waals surface area (Å²) in [4.78, 5) is 28.2. The van der Waals surface area contributed by atoms with Crippen LogP contribution >= 0.6 is 0 Å². The number of carboxylic acid groups (broad SMARTS) is 1. The number of carbonyl (C=O) groups is 1. The molecular formula is C38H48N6O3. The third-order valence-corrected chi connectivity index (χ3v) is 9.87. The number of aromatic nitrogens is 2. The van der Waals surface area contributed by atoms with Crippen LogP contribution in [0.5, 0.6) is 0 Å². The predicted molar refractivity (Wildman–Crippen MR) is 190 cm³/mol. The maximum atomic E-state index is 11.4. The molecule has 0 aliphatic carbocycles. The number of nitrogens with zero attached hydrogens (tertiary/aromatic N) is 5. The van der Waals surface area contributed by atoms with Gasteiger partial charge in [-0.2, -0.15) is 0 Å². The van der Waals surface area contributed by atoms with Crippen molar-refractivity contribution in [3.63, 3.8) is 0 Å². The van der Waals surface area contributed by atoms with Crippen LogP contribution in [-0.4, -0.2) is 89.9 Å². The van der Waals surface area contributed by atoms with E-state index in [-0.39, 0.29) is 12.5 Å². The molecule has 9 heteroatoms. The Labute approximate surface area is 278 Å². The monoisotopic (exact) mass is 636 g/mol. The summed E-state index contributed by atoms with van der Waals surface area (Å²) in [5.41, 5.74) is 9.04. The number of aliphatic carboxylic acids is 1. The first-order valence-corrected chi connectivity index (χ1v) is 17.0. The molecule has 2 fully saturated rings. The molecule has 0 amide bonds. The molecule has 47 heavy (non-hydrogen) atoms. The summed E-state index contributed by atoms with van der Waals surface area (Å²) < 4.78 is 5.50. The molecule has 2 aliphatic rings. The van der Waals surface area contributed by atoms with Crippen LogP contribution in [0.3, 0.4) is 0 Å². The minimum Gasteiger partial charge on any atom is -0.481 e. The predicted octanol–water partition coefficient (Wildman–Crippen LogP) is 6.64. The lowest BCUT2D eigenvalue weighted by Gasteiger charge is -2.34. The Hall–Kier alpha value is -4.05. The first-order chi connectivity index (χ1) is 22.9. The Balaban J connectivity index is 1.18. The van der Waals surface area contributed by atoms with Gasteiger partial charge < -0.3 is 20.1 Å². The Kier molecular flexibility index (Phi) is 10.7. The first kappa shape index (κ1) is 32.9. The molecule has 2 N–H and O–H groups in total. The molecule has 1 unspecified atom stereocenters. The molecular weight excluding hydrogens is 588 g/mol. The number of piperidine rings is 1. The zero-order chi connectivity index (χ0) is 32.8. The molecule has 9 nitrogen and oxygen atoms in total. The lowest BCUT2D eigenvalue weighted by atomic mass is 9.94. The van der Waals surface area contributed by atoms with Crippen molar-refractivity contribution in [1.82, 2.24) is 19.8 Å². The molecule has 0 bridgehead atoms. The number of carboxylic acids is 1. The van der Waals surface area contributed by atoms with Crippen LogP contribution in [0.4, 0.5) is 17.2 Å². The van der Waals surface area contributed by atoms with E-state index in [9.17, 15) is 9.90 Å². The fourth-order valence-corrected chi connectivity index (χ4v) is 7.21. The molecule has 0 radical (unpaired) electrons. The minimum absolute atomic E-state index is 0.0759. The van der Waals surface area contributed by atoms with E-state index in [1.165, 1.54) is 22.4 Å². The number of likely N-dealkylation sites (tertiary alicyclic amines) is 1. The van der Waals surface area contributed by atoms with Crippen molar-refractivity contribution in [2.45, 2.75) is 58.5 Å². The van der Waals surface area contributed by atoms with Gasteiger partial charge in [-0.25, -0.2) is 4.98 Å². The lowest BCUT2D eigenvalue weighted by molar-refractivity contribution is -0.138. The lowest BCUT2D eigenvalue weighted by Crippen LogP contribution is -2.40. The number of pyridine rings is 2. The van der Waals surface area contributed by atoms with Gasteiger partial charge in [0, 0.05) is 75.0 Å². The number of nitrogens with one attached hydrogen (secondary N) is 1. The summed E-state index contributed by atoms with van der Waals surface area (Å²) in [6, 6.07) is 17.2. The van der Waals surface area contributed by atoms with Gasteiger partial charge in [0.2, 0.25) is 0 Å². The molecule has 6 rings (SSSR count). The number of morpholine rings is 1. The minimum atomic E-state index is -0.731. The largest absolute Gasteiger partial charge is 0.481 e. The zero-order valence-corrected chi connectivity index (χ0v) is 28.0. The van der Waals surface area contributed by atoms with Crippen molar-refractivity contribution in [1.29, 1.82) is 0 Å². The summed E-state index contributed by atoms with van der Waals surface area (Å²) in [5.74, 6) is -0.00787. The Morgan fingerprint density at radius 1 is 1.02 bits per heavy atom. The van der Waals surface area contributed by atoms with Crippen molar-refractivity contribution in [3.8, 4) is 11.1 Å². The molecule has 2 saturated heterocycles. The van der Waals surface area contributed by atoms with Crippen molar-refractivity contribution >= 4 is 34.1 Å². The third kappa shape index (κ3) is 7.92. The van der Waals surface area contributed by atoms with Gasteiger partial charge in [0.15, 0.2) is 5.82 Å². The van der Waals surface area contributed by atoms with Gasteiger partial charge in [-0.15, -0.1) is 0 Å². The van der Waals surface area contributed by atoms with E-state index in [1.54, 1.807) is 0 Å². The topological polar surface area (TPSA) is 94.1 Å². The van der Waals surface area contributed by atoms with E-state index in [2.05, 4.69) is 88.4 Å². The SMILES string of the molecule is Cc1c(Nc2nccc3cc(CN4CCCCC4CC(=O)O)cnc23)cccc1-c1cccc(N(C)CCCN2CCOCC2)c1C. The van der Waals surface area contributed by atoms with Gasteiger partial charge in [0.25, 0.3) is 0 Å². The summed E-state index contributed by atoms with van der Waals surface area (Å²) in [7, 11) is 2.20. The number of anilines is 3. The maximum Gasteiger partial charge on any atom is 0.304 e. The third-order valence-electron chi connectivity index (χ3n) is 9.87. The number of hydrogen-bond donors (Lipinski definition) is 2. The van der Waals surface area contributed by atoms with Crippen LogP contribution in [0.15, 0.2) is 60.9 Å². The molecule has 4 aromatic rings. The smallest absolute Gasteiger partial charge is 0.304 e. The standard InChI is InChI=1S/C38H48N6O3/c1-27-32(33-11-7-13-35(28(33)2)42(3)16-8-17-43-19-21-47-22-20-43)10-6-12-34(27)41-38-37-30(14-15-39-38)23-29(25-40-37)26-44-18-5-4-9-31(44)24-36(45)46/h6-7,10-15,23,25,31H,4-5,8-9,16-22,24,26H2,1-3H3,(H,39,41)(H,45,46). The summed E-state index contributed by atoms with van der Waals surface area (Å²) in [6.45, 7) is 11.9. The summed E-state index contributed by atoms with van der Waals surface area (Å²) in [6.07, 6.45) is 8.17. The highest BCUT2D eigenvalue weighted by Crippen LogP contribution is 2.36. The molecule has 2 aromatic heterocycles. The highest BCUT2D eigenvalue weighted by atomic mass is 16.5. The highest BCUT2D eigenvalue weighted by Gasteiger charge is 2.25. The quantitative estimate of drug-likeness (QED) is 0.177. The van der Waals surface area contributed by atoms with E-state index < -0.39 is 5.97 Å². The number of rotatable bonds is 12. The molecule has 2 aliphatic heterocycles. The van der Waals surface area contributed by atoms with Gasteiger partial charge in [0.1, 0.15) is 5.52 Å². The molecule has 1 atom stereocenters. The molecule has 0 spiro atoms. The number of fused-ring (bicyclic) bond motifs is 1. The molecule has 248 valence electrons. The van der Waals surface area contributed by atoms with E-state index in [0.29, 0.717) is 6.54 Å². The fraction of sp³-hybridized carbons (Fsp3) is 0.447. The molecule has 4 heterocycles. The van der Waals surface area contributed by atoms with Crippen LogP contribution < -0.4 is 10.2 Å². The first-order valence-electron chi connectivity index (χ1n) is 17.0. The Morgan fingerprint density at radius 3 is 2.62 bits per heavy atom. The second kappa shape index (κ2) is 15.2. The average molecular weight is 637 g/mol. The maximum absolute atomic E-state index is 11.4. The van der Waals surface area contributed by atoms with Gasteiger partial charge in [-0.05, 0) is 91.7 Å². The number of hydrogen-bond acceptors (Lipinski definition) is 8. The van der Waals surface area contributed by atoms with E-state index >= 15 is 0 Å². The summed E-state index contributed by atoms with van der Waals surface area (Å²) in [5, 5.41) is 14.0. The van der Waals surface area contributed by atoms with Crippen LogP contribution in [0, 0.1) is 13.8 Å². The van der Waals surface area contributed by atoms with E-state index in [1.807, 2.05) is 18.5 Å². The van der Waals surface area contributed by atoms with Crippen molar-refractivity contribution in [3.05, 3.63) is 77.6 Å². The van der Waals surface area contributed by atoms with Crippen molar-refractivity contribution < 1.29 is 14.6 Å². The van der Waals surface area contributed by atoms with Gasteiger partial charge in [0.05, 0.1) is 19.6 Å². The number of ether oxygens (including phenoxy) is 1.